The highest BCUT2D eigenvalue weighted by atomic mass is 35.5. The van der Waals surface area contributed by atoms with Crippen LogP contribution in [0.15, 0.2) is 18.2 Å². The number of aliphatic hydroxyl groups is 1. The van der Waals surface area contributed by atoms with E-state index >= 15 is 0 Å². The first-order valence-electron chi connectivity index (χ1n) is 5.61. The Kier molecular flexibility index (Phi) is 5.43. The molecule has 1 atom stereocenters. The topological polar surface area (TPSA) is 56.0 Å². The van der Waals surface area contributed by atoms with Gasteiger partial charge in [0.1, 0.15) is 0 Å². The summed E-state index contributed by atoms with van der Waals surface area (Å²) in [6, 6.07) is 7.33. The van der Waals surface area contributed by atoms with Gasteiger partial charge in [0, 0.05) is 17.6 Å². The van der Waals surface area contributed by atoms with Crippen molar-refractivity contribution in [3.05, 3.63) is 34.3 Å². The lowest BCUT2D eigenvalue weighted by molar-refractivity contribution is 0.210. The summed E-state index contributed by atoms with van der Waals surface area (Å²) in [6.45, 7) is 4.79. The Morgan fingerprint density at radius 3 is 2.65 bits per heavy atom. The van der Waals surface area contributed by atoms with E-state index in [9.17, 15) is 5.11 Å². The van der Waals surface area contributed by atoms with E-state index in [-0.39, 0.29) is 12.6 Å². The Bertz CT molecular complexity index is 412. The molecule has 0 saturated carbocycles. The second-order valence-electron chi connectivity index (χ2n) is 4.33. The van der Waals surface area contributed by atoms with Crippen LogP contribution in [0.25, 0.3) is 0 Å². The molecule has 0 spiro atoms. The van der Waals surface area contributed by atoms with Crippen molar-refractivity contribution in [3.8, 4) is 6.07 Å². The predicted molar refractivity (Wildman–Crippen MR) is 68.7 cm³/mol. The third-order valence-corrected chi connectivity index (χ3v) is 3.09. The highest BCUT2D eigenvalue weighted by molar-refractivity contribution is 6.31. The van der Waals surface area contributed by atoms with E-state index in [1.165, 1.54) is 0 Å². The van der Waals surface area contributed by atoms with Crippen LogP contribution in [0.3, 0.4) is 0 Å². The van der Waals surface area contributed by atoms with Gasteiger partial charge >= 0.3 is 0 Å². The smallest absolute Gasteiger partial charge is 0.0992 e. The van der Waals surface area contributed by atoms with Crippen LogP contribution >= 0.6 is 11.6 Å². The van der Waals surface area contributed by atoms with Crippen molar-refractivity contribution in [2.24, 2.45) is 5.92 Å². The average Bonchev–Trinajstić information content (AvgIpc) is 2.31. The summed E-state index contributed by atoms with van der Waals surface area (Å²) < 4.78 is 0. The number of aliphatic hydroxyl groups excluding tert-OH is 1. The number of nitrogens with one attached hydrogen (secondary N) is 1. The highest BCUT2D eigenvalue weighted by Crippen LogP contribution is 2.17. The summed E-state index contributed by atoms with van der Waals surface area (Å²) in [4.78, 5) is 0. The van der Waals surface area contributed by atoms with Crippen LogP contribution < -0.4 is 5.32 Å². The molecule has 0 aliphatic heterocycles. The summed E-state index contributed by atoms with van der Waals surface area (Å²) in [5, 5.41) is 21.7. The number of rotatable bonds is 5. The molecule has 1 rings (SSSR count). The van der Waals surface area contributed by atoms with Gasteiger partial charge in [0.15, 0.2) is 0 Å². The fourth-order valence-electron chi connectivity index (χ4n) is 1.51. The maximum absolute atomic E-state index is 9.19. The van der Waals surface area contributed by atoms with Crippen molar-refractivity contribution >= 4 is 11.6 Å². The number of nitrogens with zero attached hydrogens (tertiary/aromatic N) is 1. The van der Waals surface area contributed by atoms with Crippen molar-refractivity contribution < 1.29 is 5.11 Å². The van der Waals surface area contributed by atoms with Crippen molar-refractivity contribution in [1.82, 2.24) is 5.32 Å². The number of halogens is 1. The van der Waals surface area contributed by atoms with E-state index in [1.54, 1.807) is 12.1 Å². The lowest BCUT2D eigenvalue weighted by Crippen LogP contribution is -2.36. The molecule has 0 radical (unpaired) electrons. The minimum absolute atomic E-state index is 0.0571. The maximum atomic E-state index is 9.19. The van der Waals surface area contributed by atoms with E-state index < -0.39 is 0 Å². The van der Waals surface area contributed by atoms with Gasteiger partial charge in [0.05, 0.1) is 18.2 Å². The van der Waals surface area contributed by atoms with Crippen LogP contribution in [-0.4, -0.2) is 17.8 Å². The Morgan fingerprint density at radius 2 is 2.18 bits per heavy atom. The molecule has 1 aromatic carbocycles. The minimum atomic E-state index is 0.0571. The second-order valence-corrected chi connectivity index (χ2v) is 4.74. The molecule has 4 heteroatoms. The first kappa shape index (κ1) is 14.0. The number of nitriles is 1. The van der Waals surface area contributed by atoms with Gasteiger partial charge in [-0.1, -0.05) is 31.5 Å². The molecule has 0 aliphatic carbocycles. The predicted octanol–water partition coefficient (Wildman–Crippen LogP) is 2.32. The molecular weight excluding hydrogens is 236 g/mol. The molecule has 0 fully saturated rings. The molecular formula is C13H17ClN2O. The third-order valence-electron chi connectivity index (χ3n) is 2.74. The maximum Gasteiger partial charge on any atom is 0.0992 e. The monoisotopic (exact) mass is 252 g/mol. The Balaban J connectivity index is 2.67. The highest BCUT2D eigenvalue weighted by Gasteiger charge is 2.11. The molecule has 0 aromatic heterocycles. The lowest BCUT2D eigenvalue weighted by atomic mass is 10.0. The number of hydrogen-bond donors (Lipinski definition) is 2. The van der Waals surface area contributed by atoms with Crippen LogP contribution in [0, 0.1) is 17.2 Å². The van der Waals surface area contributed by atoms with Crippen LogP contribution in [0.1, 0.15) is 25.0 Å². The first-order valence-corrected chi connectivity index (χ1v) is 5.99. The normalized spacial score (nSPS) is 12.5. The molecule has 0 saturated heterocycles. The standard InChI is InChI=1S/C13H17ClN2O/c1-9(2)13(8-17)16-7-11-4-3-10(6-15)5-12(11)14/h3-5,9,13,16-17H,7-8H2,1-2H3. The molecule has 0 aliphatic rings. The Morgan fingerprint density at radius 1 is 1.47 bits per heavy atom. The van der Waals surface area contributed by atoms with Crippen LogP contribution in [-0.2, 0) is 6.54 Å². The zero-order chi connectivity index (χ0) is 12.8. The fraction of sp³-hybridized carbons (Fsp3) is 0.462. The van der Waals surface area contributed by atoms with E-state index in [0.717, 1.165) is 5.56 Å². The van der Waals surface area contributed by atoms with E-state index in [1.807, 2.05) is 26.0 Å². The molecule has 0 amide bonds. The number of benzene rings is 1. The lowest BCUT2D eigenvalue weighted by Gasteiger charge is -2.20. The summed E-state index contributed by atoms with van der Waals surface area (Å²) in [7, 11) is 0. The SMILES string of the molecule is CC(C)C(CO)NCc1ccc(C#N)cc1Cl. The van der Waals surface area contributed by atoms with Gasteiger partial charge in [-0.3, -0.25) is 0 Å². The first-order chi connectivity index (χ1) is 8.08. The quantitative estimate of drug-likeness (QED) is 0.846. The van der Waals surface area contributed by atoms with Crippen molar-refractivity contribution in [2.75, 3.05) is 6.61 Å². The molecule has 3 nitrogen and oxygen atoms in total. The molecule has 1 unspecified atom stereocenters. The molecule has 2 N–H and O–H groups in total. The Labute approximate surface area is 107 Å². The van der Waals surface area contributed by atoms with E-state index in [2.05, 4.69) is 5.32 Å². The summed E-state index contributed by atoms with van der Waals surface area (Å²) in [6.07, 6.45) is 0. The Hall–Kier alpha value is -1.08. The van der Waals surface area contributed by atoms with Gasteiger partial charge in [-0.05, 0) is 23.6 Å². The zero-order valence-electron chi connectivity index (χ0n) is 10.1. The summed E-state index contributed by atoms with van der Waals surface area (Å²) >= 11 is 6.06. The molecule has 0 heterocycles. The van der Waals surface area contributed by atoms with Gasteiger partial charge in [-0.15, -0.1) is 0 Å². The summed E-state index contributed by atoms with van der Waals surface area (Å²) in [5.74, 6) is 0.358. The van der Waals surface area contributed by atoms with E-state index in [0.29, 0.717) is 23.0 Å². The largest absolute Gasteiger partial charge is 0.395 e. The van der Waals surface area contributed by atoms with Gasteiger partial charge in [0.25, 0.3) is 0 Å². The van der Waals surface area contributed by atoms with Crippen molar-refractivity contribution in [3.63, 3.8) is 0 Å². The summed E-state index contributed by atoms with van der Waals surface area (Å²) in [5.41, 5.74) is 1.49. The van der Waals surface area contributed by atoms with Crippen LogP contribution in [0.2, 0.25) is 5.02 Å². The van der Waals surface area contributed by atoms with E-state index in [4.69, 9.17) is 16.9 Å². The molecule has 17 heavy (non-hydrogen) atoms. The average molecular weight is 253 g/mol. The van der Waals surface area contributed by atoms with Gasteiger partial charge in [0.2, 0.25) is 0 Å². The molecule has 0 bridgehead atoms. The number of hydrogen-bond acceptors (Lipinski definition) is 3. The second kappa shape index (κ2) is 6.61. The zero-order valence-corrected chi connectivity index (χ0v) is 10.8. The van der Waals surface area contributed by atoms with Crippen molar-refractivity contribution in [1.29, 1.82) is 5.26 Å². The molecule has 92 valence electrons. The van der Waals surface area contributed by atoms with Crippen molar-refractivity contribution in [2.45, 2.75) is 26.4 Å². The fourth-order valence-corrected chi connectivity index (χ4v) is 1.76. The molecule has 1 aromatic rings. The van der Waals surface area contributed by atoms with Crippen LogP contribution in [0.4, 0.5) is 0 Å². The minimum Gasteiger partial charge on any atom is -0.395 e. The van der Waals surface area contributed by atoms with Gasteiger partial charge in [-0.25, -0.2) is 0 Å². The van der Waals surface area contributed by atoms with Crippen LogP contribution in [0.5, 0.6) is 0 Å². The third kappa shape index (κ3) is 4.01. The van der Waals surface area contributed by atoms with Gasteiger partial charge in [-0.2, -0.15) is 5.26 Å². The van der Waals surface area contributed by atoms with Gasteiger partial charge < -0.3 is 10.4 Å².